The molecule has 174 valence electrons. The highest BCUT2D eigenvalue weighted by Crippen LogP contribution is 2.40. The van der Waals surface area contributed by atoms with E-state index in [0.29, 0.717) is 39.4 Å². The molecule has 0 aromatic heterocycles. The van der Waals surface area contributed by atoms with Gasteiger partial charge in [0.15, 0.2) is 23.0 Å². The molecule has 0 saturated heterocycles. The number of benzene rings is 2. The van der Waals surface area contributed by atoms with Crippen molar-refractivity contribution in [2.24, 2.45) is 0 Å². The van der Waals surface area contributed by atoms with Crippen LogP contribution in [0, 0.1) is 0 Å². The number of carbonyl (C=O) groups is 1. The number of fused-ring (bicyclic) bond motifs is 1. The summed E-state index contributed by atoms with van der Waals surface area (Å²) in [5.74, 6) is 3.04. The van der Waals surface area contributed by atoms with Gasteiger partial charge < -0.3 is 23.8 Å². The molecule has 0 bridgehead atoms. The number of hydrogen-bond donors (Lipinski definition) is 0. The Morgan fingerprint density at radius 1 is 0.844 bits per heavy atom. The zero-order valence-corrected chi connectivity index (χ0v) is 19.9. The van der Waals surface area contributed by atoms with Gasteiger partial charge in [-0.15, -0.1) is 0 Å². The van der Waals surface area contributed by atoms with Crippen molar-refractivity contribution < 1.29 is 23.7 Å². The maximum Gasteiger partial charge on any atom is 0.219 e. The van der Waals surface area contributed by atoms with Crippen molar-refractivity contribution in [2.45, 2.75) is 53.5 Å². The zero-order valence-electron chi connectivity index (χ0n) is 19.9. The molecule has 32 heavy (non-hydrogen) atoms. The summed E-state index contributed by atoms with van der Waals surface area (Å²) in [6.45, 7) is 12.4. The molecule has 6 heteroatoms. The first-order chi connectivity index (χ1) is 15.5. The number of hydrogen-bond acceptors (Lipinski definition) is 5. The standard InChI is InChI=1S/C26H35NO5/c1-6-29-23-11-10-19(15-24(23)30-7-2)14-22-21-17-26(32-9-4)25(31-8-3)16-20(21)12-13-27(22)18(5)28/h10-11,15-17,22H,6-9,12-14H2,1-5H3. The molecule has 0 spiro atoms. The second-order valence-corrected chi connectivity index (χ2v) is 7.69. The van der Waals surface area contributed by atoms with Crippen LogP contribution in [0.2, 0.25) is 0 Å². The molecule has 1 atom stereocenters. The van der Waals surface area contributed by atoms with Crippen LogP contribution in [0.4, 0.5) is 0 Å². The van der Waals surface area contributed by atoms with Crippen LogP contribution in [0.3, 0.4) is 0 Å². The Bertz CT molecular complexity index is 927. The first kappa shape index (κ1) is 23.8. The van der Waals surface area contributed by atoms with Crippen LogP contribution in [-0.4, -0.2) is 43.8 Å². The summed E-state index contributed by atoms with van der Waals surface area (Å²) in [7, 11) is 0. The predicted octanol–water partition coefficient (Wildman–Crippen LogP) is 4.97. The predicted molar refractivity (Wildman–Crippen MR) is 125 cm³/mol. The average molecular weight is 442 g/mol. The Kier molecular flexibility index (Phi) is 8.26. The van der Waals surface area contributed by atoms with Gasteiger partial charge in [0.1, 0.15) is 0 Å². The van der Waals surface area contributed by atoms with Gasteiger partial charge in [-0.3, -0.25) is 4.79 Å². The van der Waals surface area contributed by atoms with Crippen LogP contribution in [0.1, 0.15) is 57.4 Å². The van der Waals surface area contributed by atoms with E-state index >= 15 is 0 Å². The van der Waals surface area contributed by atoms with E-state index in [1.165, 1.54) is 5.56 Å². The fourth-order valence-electron chi connectivity index (χ4n) is 4.29. The van der Waals surface area contributed by atoms with Crippen LogP contribution < -0.4 is 18.9 Å². The highest BCUT2D eigenvalue weighted by atomic mass is 16.5. The maximum absolute atomic E-state index is 12.5. The molecule has 2 aromatic carbocycles. The second-order valence-electron chi connectivity index (χ2n) is 7.69. The van der Waals surface area contributed by atoms with E-state index in [1.54, 1.807) is 6.92 Å². The number of nitrogens with zero attached hydrogens (tertiary/aromatic N) is 1. The number of amides is 1. The molecule has 0 N–H and O–H groups in total. The summed E-state index contributed by atoms with van der Waals surface area (Å²) in [6, 6.07) is 10.1. The molecule has 0 radical (unpaired) electrons. The van der Waals surface area contributed by atoms with Crippen LogP contribution in [0.5, 0.6) is 23.0 Å². The molecule has 0 aliphatic carbocycles. The Hall–Kier alpha value is -2.89. The first-order valence-electron chi connectivity index (χ1n) is 11.6. The lowest BCUT2D eigenvalue weighted by Gasteiger charge is -2.37. The lowest BCUT2D eigenvalue weighted by molar-refractivity contribution is -0.131. The fraction of sp³-hybridized carbons (Fsp3) is 0.500. The lowest BCUT2D eigenvalue weighted by Crippen LogP contribution is -2.39. The summed E-state index contributed by atoms with van der Waals surface area (Å²) in [4.78, 5) is 14.5. The maximum atomic E-state index is 12.5. The minimum atomic E-state index is -0.0847. The van der Waals surface area contributed by atoms with Crippen LogP contribution in [0.15, 0.2) is 30.3 Å². The van der Waals surface area contributed by atoms with E-state index in [0.717, 1.165) is 40.5 Å². The third-order valence-corrected chi connectivity index (χ3v) is 5.60. The Balaban J connectivity index is 2.01. The fourth-order valence-corrected chi connectivity index (χ4v) is 4.29. The molecule has 1 aliphatic rings. The molecule has 1 aliphatic heterocycles. The zero-order chi connectivity index (χ0) is 23.1. The van der Waals surface area contributed by atoms with Gasteiger partial charge in [0.25, 0.3) is 0 Å². The second kappa shape index (κ2) is 11.1. The average Bonchev–Trinajstić information content (AvgIpc) is 2.77. The van der Waals surface area contributed by atoms with Crippen molar-refractivity contribution in [2.75, 3.05) is 33.0 Å². The van der Waals surface area contributed by atoms with E-state index in [1.807, 2.05) is 44.7 Å². The Morgan fingerprint density at radius 3 is 2.00 bits per heavy atom. The SMILES string of the molecule is CCOc1ccc(CC2c3cc(OCC)c(OCC)cc3CCN2C(C)=O)cc1OCC. The van der Waals surface area contributed by atoms with E-state index in [9.17, 15) is 4.79 Å². The van der Waals surface area contributed by atoms with Gasteiger partial charge >= 0.3 is 0 Å². The number of carbonyl (C=O) groups excluding carboxylic acids is 1. The topological polar surface area (TPSA) is 57.2 Å². The lowest BCUT2D eigenvalue weighted by atomic mass is 9.88. The Labute approximate surface area is 191 Å². The first-order valence-corrected chi connectivity index (χ1v) is 11.6. The van der Waals surface area contributed by atoms with Gasteiger partial charge in [-0.2, -0.15) is 0 Å². The molecule has 0 fully saturated rings. The molecular formula is C26H35NO5. The van der Waals surface area contributed by atoms with Crippen LogP contribution in [-0.2, 0) is 17.6 Å². The van der Waals surface area contributed by atoms with Crippen molar-refractivity contribution in [1.82, 2.24) is 4.90 Å². The van der Waals surface area contributed by atoms with Crippen molar-refractivity contribution in [3.8, 4) is 23.0 Å². The minimum Gasteiger partial charge on any atom is -0.490 e. The largest absolute Gasteiger partial charge is 0.490 e. The van der Waals surface area contributed by atoms with E-state index in [2.05, 4.69) is 18.2 Å². The molecule has 0 saturated carbocycles. The summed E-state index contributed by atoms with van der Waals surface area (Å²) in [5, 5.41) is 0. The molecule has 1 heterocycles. The number of rotatable bonds is 10. The smallest absolute Gasteiger partial charge is 0.219 e. The van der Waals surface area contributed by atoms with Crippen LogP contribution >= 0.6 is 0 Å². The van der Waals surface area contributed by atoms with Gasteiger partial charge in [0, 0.05) is 13.5 Å². The minimum absolute atomic E-state index is 0.0727. The van der Waals surface area contributed by atoms with Crippen molar-refractivity contribution in [3.05, 3.63) is 47.0 Å². The van der Waals surface area contributed by atoms with Crippen molar-refractivity contribution >= 4 is 5.91 Å². The molecule has 3 rings (SSSR count). The molecule has 2 aromatic rings. The quantitative estimate of drug-likeness (QED) is 0.521. The highest BCUT2D eigenvalue weighted by molar-refractivity contribution is 5.74. The summed E-state index contributed by atoms with van der Waals surface area (Å²) in [6.07, 6.45) is 1.48. The Morgan fingerprint density at radius 2 is 1.41 bits per heavy atom. The number of ether oxygens (including phenoxy) is 4. The van der Waals surface area contributed by atoms with Crippen LogP contribution in [0.25, 0.3) is 0 Å². The van der Waals surface area contributed by atoms with Gasteiger partial charge in [0.05, 0.1) is 32.5 Å². The molecule has 1 amide bonds. The summed E-state index contributed by atoms with van der Waals surface area (Å²) >= 11 is 0. The van der Waals surface area contributed by atoms with Crippen molar-refractivity contribution in [3.63, 3.8) is 0 Å². The summed E-state index contributed by atoms with van der Waals surface area (Å²) < 4.78 is 23.2. The normalized spacial score (nSPS) is 15.2. The van der Waals surface area contributed by atoms with Gasteiger partial charge in [-0.05, 0) is 81.5 Å². The van der Waals surface area contributed by atoms with E-state index in [4.69, 9.17) is 18.9 Å². The summed E-state index contributed by atoms with van der Waals surface area (Å²) in [5.41, 5.74) is 3.41. The van der Waals surface area contributed by atoms with Gasteiger partial charge in [-0.1, -0.05) is 6.07 Å². The van der Waals surface area contributed by atoms with Gasteiger partial charge in [0.2, 0.25) is 5.91 Å². The van der Waals surface area contributed by atoms with E-state index in [-0.39, 0.29) is 11.9 Å². The third-order valence-electron chi connectivity index (χ3n) is 5.60. The van der Waals surface area contributed by atoms with E-state index < -0.39 is 0 Å². The van der Waals surface area contributed by atoms with Gasteiger partial charge in [-0.25, -0.2) is 0 Å². The molecule has 6 nitrogen and oxygen atoms in total. The third kappa shape index (κ3) is 5.29. The highest BCUT2D eigenvalue weighted by Gasteiger charge is 2.31. The molecule has 1 unspecified atom stereocenters. The monoisotopic (exact) mass is 441 g/mol. The molecular weight excluding hydrogens is 406 g/mol. The van der Waals surface area contributed by atoms with Crippen molar-refractivity contribution in [1.29, 1.82) is 0 Å².